The van der Waals surface area contributed by atoms with Gasteiger partial charge in [-0.15, -0.1) is 0 Å². The zero-order valence-electron chi connectivity index (χ0n) is 12.2. The lowest BCUT2D eigenvalue weighted by molar-refractivity contribution is -0.150. The normalized spacial score (nSPS) is 10.9. The van der Waals surface area contributed by atoms with Gasteiger partial charge in [-0.05, 0) is 48.0 Å². The molecule has 1 amide bonds. The summed E-state index contributed by atoms with van der Waals surface area (Å²) in [5.74, 6) is -0.209. The monoisotopic (exact) mass is 343 g/mol. The Kier molecular flexibility index (Phi) is 5.16. The number of amides is 1. The minimum absolute atomic E-state index is 0.300. The molecule has 0 fully saturated rings. The van der Waals surface area contributed by atoms with Gasteiger partial charge in [0.05, 0.1) is 19.8 Å². The van der Waals surface area contributed by atoms with Crippen molar-refractivity contribution in [3.8, 4) is 5.75 Å². The van der Waals surface area contributed by atoms with Crippen molar-refractivity contribution in [2.24, 2.45) is 0 Å². The summed E-state index contributed by atoms with van der Waals surface area (Å²) >= 11 is 3.33. The lowest BCUT2D eigenvalue weighted by atomic mass is 10.0. The van der Waals surface area contributed by atoms with Gasteiger partial charge in [0, 0.05) is 11.5 Å². The van der Waals surface area contributed by atoms with E-state index in [0.29, 0.717) is 15.8 Å². The van der Waals surface area contributed by atoms with Crippen LogP contribution in [0.3, 0.4) is 0 Å². The van der Waals surface area contributed by atoms with E-state index in [-0.39, 0.29) is 5.91 Å². The van der Waals surface area contributed by atoms with E-state index in [4.69, 9.17) is 9.47 Å². The summed E-state index contributed by atoms with van der Waals surface area (Å²) in [5, 5.41) is 0. The quantitative estimate of drug-likeness (QED) is 0.788. The molecule has 0 radical (unpaired) electrons. The Morgan fingerprint density at radius 2 is 1.85 bits per heavy atom. The first-order valence-corrected chi connectivity index (χ1v) is 6.75. The number of carbonyl (C=O) groups is 2. The molecule has 110 valence electrons. The lowest BCUT2D eigenvalue weighted by Gasteiger charge is -2.33. The molecule has 0 aliphatic heterocycles. The number of likely N-dealkylation sites (N-methyl/N-ethyl adjacent to an activating group) is 1. The number of ether oxygens (including phenoxy) is 2. The second-order valence-electron chi connectivity index (χ2n) is 4.76. The van der Waals surface area contributed by atoms with Crippen molar-refractivity contribution < 1.29 is 19.1 Å². The molecule has 0 bridgehead atoms. The van der Waals surface area contributed by atoms with E-state index in [1.807, 2.05) is 0 Å². The second kappa shape index (κ2) is 6.26. The molecule has 0 spiro atoms. The number of hydrogen-bond acceptors (Lipinski definition) is 4. The van der Waals surface area contributed by atoms with Crippen molar-refractivity contribution in [2.45, 2.75) is 19.4 Å². The standard InChI is InChI=1S/C14H18BrNO4/c1-14(2,13(18)20-5)16(3)12(17)10-8-9(19-4)6-7-11(10)15/h6-8H,1-5H3. The van der Waals surface area contributed by atoms with Crippen molar-refractivity contribution in [2.75, 3.05) is 21.3 Å². The number of carbonyl (C=O) groups excluding carboxylic acids is 2. The maximum atomic E-state index is 12.5. The summed E-state index contributed by atoms with van der Waals surface area (Å²) in [7, 11) is 4.38. The average molecular weight is 344 g/mol. The first kappa shape index (κ1) is 16.5. The van der Waals surface area contributed by atoms with Crippen molar-refractivity contribution in [1.29, 1.82) is 0 Å². The number of halogens is 1. The molecule has 1 aromatic carbocycles. The minimum atomic E-state index is -1.06. The molecule has 1 aromatic rings. The van der Waals surface area contributed by atoms with Crippen LogP contribution in [0.4, 0.5) is 0 Å². The summed E-state index contributed by atoms with van der Waals surface area (Å²) in [5.41, 5.74) is -0.641. The third-order valence-electron chi connectivity index (χ3n) is 3.23. The van der Waals surface area contributed by atoms with Gasteiger partial charge in [0.2, 0.25) is 0 Å². The third-order valence-corrected chi connectivity index (χ3v) is 3.92. The van der Waals surface area contributed by atoms with Gasteiger partial charge in [0.15, 0.2) is 0 Å². The molecule has 0 N–H and O–H groups in total. The first-order chi connectivity index (χ1) is 9.25. The van der Waals surface area contributed by atoms with Gasteiger partial charge < -0.3 is 14.4 Å². The van der Waals surface area contributed by atoms with Crippen LogP contribution < -0.4 is 4.74 Å². The Bertz CT molecular complexity index is 528. The molecule has 0 atom stereocenters. The Hall–Kier alpha value is -1.56. The van der Waals surface area contributed by atoms with Crippen LogP contribution in [-0.2, 0) is 9.53 Å². The Balaban J connectivity index is 3.15. The maximum Gasteiger partial charge on any atom is 0.331 e. The van der Waals surface area contributed by atoms with E-state index in [2.05, 4.69) is 15.9 Å². The van der Waals surface area contributed by atoms with E-state index in [0.717, 1.165) is 0 Å². The molecular weight excluding hydrogens is 326 g/mol. The fourth-order valence-corrected chi connectivity index (χ4v) is 2.03. The van der Waals surface area contributed by atoms with Gasteiger partial charge in [0.1, 0.15) is 11.3 Å². The number of rotatable bonds is 4. The molecule has 0 saturated carbocycles. The van der Waals surface area contributed by atoms with Gasteiger partial charge in [-0.2, -0.15) is 0 Å². The molecule has 5 nitrogen and oxygen atoms in total. The zero-order chi connectivity index (χ0) is 15.5. The van der Waals surface area contributed by atoms with Gasteiger partial charge in [-0.1, -0.05) is 0 Å². The fraction of sp³-hybridized carbons (Fsp3) is 0.429. The maximum absolute atomic E-state index is 12.5. The SMILES string of the molecule is COC(=O)C(C)(C)N(C)C(=O)c1cc(OC)ccc1Br. The van der Waals surface area contributed by atoms with Gasteiger partial charge in [0.25, 0.3) is 5.91 Å². The molecular formula is C14H18BrNO4. The number of esters is 1. The summed E-state index contributed by atoms with van der Waals surface area (Å²) in [6, 6.07) is 5.09. The highest BCUT2D eigenvalue weighted by Crippen LogP contribution is 2.26. The zero-order valence-corrected chi connectivity index (χ0v) is 13.8. The minimum Gasteiger partial charge on any atom is -0.497 e. The molecule has 0 aromatic heterocycles. The summed E-state index contributed by atoms with van der Waals surface area (Å²) in [6.45, 7) is 3.26. The van der Waals surface area contributed by atoms with Crippen molar-refractivity contribution in [3.63, 3.8) is 0 Å². The number of hydrogen-bond donors (Lipinski definition) is 0. The van der Waals surface area contributed by atoms with Gasteiger partial charge in [-0.3, -0.25) is 4.79 Å². The van der Waals surface area contributed by atoms with Crippen LogP contribution in [0.1, 0.15) is 24.2 Å². The van der Waals surface area contributed by atoms with Crippen LogP contribution in [0.2, 0.25) is 0 Å². The lowest BCUT2D eigenvalue weighted by Crippen LogP contribution is -2.51. The van der Waals surface area contributed by atoms with E-state index in [9.17, 15) is 9.59 Å². The van der Waals surface area contributed by atoms with Crippen molar-refractivity contribution >= 4 is 27.8 Å². The third kappa shape index (κ3) is 3.12. The topological polar surface area (TPSA) is 55.8 Å². The van der Waals surface area contributed by atoms with Crippen molar-refractivity contribution in [3.05, 3.63) is 28.2 Å². The summed E-state index contributed by atoms with van der Waals surface area (Å²) < 4.78 is 10.5. The number of benzene rings is 1. The summed E-state index contributed by atoms with van der Waals surface area (Å²) in [4.78, 5) is 25.6. The summed E-state index contributed by atoms with van der Waals surface area (Å²) in [6.07, 6.45) is 0. The molecule has 0 aliphatic carbocycles. The highest BCUT2D eigenvalue weighted by atomic mass is 79.9. The predicted molar refractivity (Wildman–Crippen MR) is 78.9 cm³/mol. The predicted octanol–water partition coefficient (Wildman–Crippen LogP) is 2.48. The Labute approximate surface area is 127 Å². The van der Waals surface area contributed by atoms with Gasteiger partial charge >= 0.3 is 5.97 Å². The highest BCUT2D eigenvalue weighted by Gasteiger charge is 2.37. The molecule has 20 heavy (non-hydrogen) atoms. The average Bonchev–Trinajstić information content (AvgIpc) is 2.45. The van der Waals surface area contributed by atoms with Crippen LogP contribution in [-0.4, -0.2) is 43.6 Å². The highest BCUT2D eigenvalue weighted by molar-refractivity contribution is 9.10. The van der Waals surface area contributed by atoms with Crippen LogP contribution in [0.5, 0.6) is 5.75 Å². The van der Waals surface area contributed by atoms with E-state index in [1.54, 1.807) is 39.1 Å². The number of methoxy groups -OCH3 is 2. The molecule has 0 heterocycles. The molecule has 1 rings (SSSR count). The van der Waals surface area contributed by atoms with E-state index in [1.165, 1.54) is 19.1 Å². The molecule has 6 heteroatoms. The van der Waals surface area contributed by atoms with Crippen LogP contribution in [0.15, 0.2) is 22.7 Å². The molecule has 0 unspecified atom stereocenters. The first-order valence-electron chi connectivity index (χ1n) is 5.95. The molecule has 0 saturated heterocycles. The fourth-order valence-electron chi connectivity index (χ4n) is 1.62. The van der Waals surface area contributed by atoms with Crippen LogP contribution >= 0.6 is 15.9 Å². The van der Waals surface area contributed by atoms with E-state index >= 15 is 0 Å². The van der Waals surface area contributed by atoms with Crippen LogP contribution in [0.25, 0.3) is 0 Å². The van der Waals surface area contributed by atoms with E-state index < -0.39 is 11.5 Å². The Morgan fingerprint density at radius 3 is 2.35 bits per heavy atom. The Morgan fingerprint density at radius 1 is 1.25 bits per heavy atom. The number of nitrogens with zero attached hydrogens (tertiary/aromatic N) is 1. The second-order valence-corrected chi connectivity index (χ2v) is 5.61. The van der Waals surface area contributed by atoms with Crippen molar-refractivity contribution in [1.82, 2.24) is 4.90 Å². The molecule has 0 aliphatic rings. The van der Waals surface area contributed by atoms with Crippen LogP contribution in [0, 0.1) is 0 Å². The largest absolute Gasteiger partial charge is 0.497 e. The van der Waals surface area contributed by atoms with Gasteiger partial charge in [-0.25, -0.2) is 4.79 Å². The smallest absolute Gasteiger partial charge is 0.331 e.